The van der Waals surface area contributed by atoms with Crippen LogP contribution in [-0.2, 0) is 23.1 Å². The van der Waals surface area contributed by atoms with Gasteiger partial charge in [0.05, 0.1) is 12.5 Å². The molecule has 0 spiro atoms. The van der Waals surface area contributed by atoms with Gasteiger partial charge in [-0.3, -0.25) is 4.79 Å². The van der Waals surface area contributed by atoms with Crippen molar-refractivity contribution in [3.8, 4) is 5.75 Å². The molecule has 2 heteroatoms. The summed E-state index contributed by atoms with van der Waals surface area (Å²) in [7, 11) is 1.69. The summed E-state index contributed by atoms with van der Waals surface area (Å²) in [5.41, 5.74) is 3.63. The van der Waals surface area contributed by atoms with Crippen LogP contribution in [0.1, 0.15) is 36.5 Å². The maximum Gasteiger partial charge on any atom is 0.147 e. The number of carbonyl (C=O) groups excluding carboxylic acids is 1. The van der Waals surface area contributed by atoms with Gasteiger partial charge in [-0.05, 0) is 55.0 Å². The number of Topliss-reactive ketones (excluding diaryl/α,β-unsaturated/α-hetero) is 1. The molecule has 2 nitrogen and oxygen atoms in total. The second-order valence-corrected chi connectivity index (χ2v) is 5.11. The number of aryl methyl sites for hydroxylation is 1. The number of ether oxygens (including phenoxy) is 1. The van der Waals surface area contributed by atoms with E-state index in [1.165, 1.54) is 16.7 Å². The number of benzene rings is 1. The summed E-state index contributed by atoms with van der Waals surface area (Å²) >= 11 is 0. The molecule has 1 unspecified atom stereocenters. The van der Waals surface area contributed by atoms with Crippen molar-refractivity contribution in [2.45, 2.75) is 38.0 Å². The Morgan fingerprint density at radius 1 is 1.31 bits per heavy atom. The zero-order valence-electron chi connectivity index (χ0n) is 9.80. The fraction of sp³-hybridized carbons (Fsp3) is 0.500. The summed E-state index contributed by atoms with van der Waals surface area (Å²) < 4.78 is 5.30. The van der Waals surface area contributed by atoms with Crippen LogP contribution in [0.4, 0.5) is 0 Å². The third-order valence-electron chi connectivity index (χ3n) is 4.15. The van der Waals surface area contributed by atoms with E-state index in [4.69, 9.17) is 4.74 Å². The Labute approximate surface area is 95.6 Å². The van der Waals surface area contributed by atoms with Crippen LogP contribution < -0.4 is 4.74 Å². The highest BCUT2D eigenvalue weighted by molar-refractivity contribution is 5.97. The molecule has 2 aliphatic carbocycles. The maximum absolute atomic E-state index is 12.1. The van der Waals surface area contributed by atoms with Crippen LogP contribution in [0, 0.1) is 0 Å². The van der Waals surface area contributed by atoms with Crippen molar-refractivity contribution >= 4 is 5.78 Å². The van der Waals surface area contributed by atoms with Crippen LogP contribution in [0.25, 0.3) is 0 Å². The second-order valence-electron chi connectivity index (χ2n) is 5.11. The maximum atomic E-state index is 12.1. The van der Waals surface area contributed by atoms with E-state index in [1.54, 1.807) is 7.11 Å². The second kappa shape index (κ2) is 3.09. The molecule has 1 aromatic carbocycles. The van der Waals surface area contributed by atoms with Gasteiger partial charge in [0.1, 0.15) is 11.5 Å². The van der Waals surface area contributed by atoms with Gasteiger partial charge >= 0.3 is 0 Å². The Bertz CT molecular complexity index is 476. The molecule has 0 fully saturated rings. The lowest BCUT2D eigenvalue weighted by Gasteiger charge is -2.31. The van der Waals surface area contributed by atoms with E-state index < -0.39 is 0 Å². The van der Waals surface area contributed by atoms with Gasteiger partial charge in [-0.25, -0.2) is 0 Å². The first-order valence-corrected chi connectivity index (χ1v) is 5.89. The van der Waals surface area contributed by atoms with E-state index in [0.29, 0.717) is 12.2 Å². The average molecular weight is 216 g/mol. The molecule has 1 atom stereocenters. The first kappa shape index (κ1) is 9.88. The highest BCUT2D eigenvalue weighted by Crippen LogP contribution is 2.46. The number of ketones is 1. The molecular weight excluding hydrogens is 200 g/mol. The van der Waals surface area contributed by atoms with Gasteiger partial charge in [0, 0.05) is 6.42 Å². The van der Waals surface area contributed by atoms with Gasteiger partial charge < -0.3 is 4.74 Å². The lowest BCUT2D eigenvalue weighted by atomic mass is 9.72. The average Bonchev–Trinajstić information content (AvgIpc) is 2.52. The molecule has 0 N–H and O–H groups in total. The molecule has 1 aromatic rings. The van der Waals surface area contributed by atoms with E-state index in [9.17, 15) is 4.79 Å². The minimum Gasteiger partial charge on any atom is -0.497 e. The van der Waals surface area contributed by atoms with Crippen molar-refractivity contribution in [3.05, 3.63) is 28.8 Å². The van der Waals surface area contributed by atoms with Crippen LogP contribution in [0.15, 0.2) is 12.1 Å². The molecule has 0 aliphatic heterocycles. The smallest absolute Gasteiger partial charge is 0.147 e. The molecule has 16 heavy (non-hydrogen) atoms. The zero-order chi connectivity index (χ0) is 11.3. The lowest BCUT2D eigenvalue weighted by Crippen LogP contribution is -2.31. The van der Waals surface area contributed by atoms with Crippen LogP contribution in [-0.4, -0.2) is 12.9 Å². The molecular formula is C14H16O2. The Morgan fingerprint density at radius 3 is 2.81 bits per heavy atom. The van der Waals surface area contributed by atoms with E-state index >= 15 is 0 Å². The van der Waals surface area contributed by atoms with Crippen molar-refractivity contribution in [1.29, 1.82) is 0 Å². The minimum absolute atomic E-state index is 0.199. The van der Waals surface area contributed by atoms with Crippen molar-refractivity contribution < 1.29 is 9.53 Å². The quantitative estimate of drug-likeness (QED) is 0.720. The molecule has 0 radical (unpaired) electrons. The van der Waals surface area contributed by atoms with Gasteiger partial charge in [0.25, 0.3) is 0 Å². The fourth-order valence-electron chi connectivity index (χ4n) is 3.30. The standard InChI is InChI=1S/C14H16O2/c1-14-5-3-4-9-6-11(16-2)7-10(13(9)14)8-12(14)15/h6-7H,3-5,8H2,1-2H3. The van der Waals surface area contributed by atoms with Crippen molar-refractivity contribution in [3.63, 3.8) is 0 Å². The molecule has 0 saturated carbocycles. The molecule has 0 heterocycles. The number of rotatable bonds is 1. The van der Waals surface area contributed by atoms with E-state index in [2.05, 4.69) is 13.0 Å². The van der Waals surface area contributed by atoms with Crippen molar-refractivity contribution in [2.24, 2.45) is 0 Å². The van der Waals surface area contributed by atoms with E-state index in [-0.39, 0.29) is 5.41 Å². The Morgan fingerprint density at radius 2 is 2.06 bits per heavy atom. The fourth-order valence-corrected chi connectivity index (χ4v) is 3.30. The molecule has 2 aliphatic rings. The van der Waals surface area contributed by atoms with E-state index in [0.717, 1.165) is 25.0 Å². The van der Waals surface area contributed by atoms with Gasteiger partial charge in [-0.1, -0.05) is 0 Å². The Balaban J connectivity index is 2.26. The summed E-state index contributed by atoms with van der Waals surface area (Å²) in [5.74, 6) is 1.28. The summed E-state index contributed by atoms with van der Waals surface area (Å²) in [6.07, 6.45) is 3.80. The molecule has 0 aromatic heterocycles. The van der Waals surface area contributed by atoms with Gasteiger partial charge in [0.2, 0.25) is 0 Å². The highest BCUT2D eigenvalue weighted by atomic mass is 16.5. The molecule has 0 bridgehead atoms. The number of hydrogen-bond acceptors (Lipinski definition) is 2. The minimum atomic E-state index is -0.199. The molecule has 0 amide bonds. The van der Waals surface area contributed by atoms with Crippen LogP contribution >= 0.6 is 0 Å². The summed E-state index contributed by atoms with van der Waals surface area (Å²) in [6.45, 7) is 2.11. The van der Waals surface area contributed by atoms with Crippen molar-refractivity contribution in [2.75, 3.05) is 7.11 Å². The van der Waals surface area contributed by atoms with E-state index in [1.807, 2.05) is 6.07 Å². The Kier molecular flexibility index (Phi) is 1.91. The topological polar surface area (TPSA) is 26.3 Å². The SMILES string of the molecule is COc1cc2c3c(c1)CC(=O)C3(C)CCC2. The van der Waals surface area contributed by atoms with Gasteiger partial charge in [-0.2, -0.15) is 0 Å². The summed E-state index contributed by atoms with van der Waals surface area (Å²) in [4.78, 5) is 12.1. The third-order valence-corrected chi connectivity index (χ3v) is 4.15. The predicted octanol–water partition coefficient (Wildman–Crippen LogP) is 2.41. The van der Waals surface area contributed by atoms with Crippen LogP contribution in [0.5, 0.6) is 5.75 Å². The summed E-state index contributed by atoms with van der Waals surface area (Å²) in [5, 5.41) is 0. The van der Waals surface area contributed by atoms with Crippen molar-refractivity contribution in [1.82, 2.24) is 0 Å². The monoisotopic (exact) mass is 216 g/mol. The zero-order valence-corrected chi connectivity index (χ0v) is 9.80. The first-order chi connectivity index (χ1) is 7.65. The van der Waals surface area contributed by atoms with Gasteiger partial charge in [-0.15, -0.1) is 0 Å². The number of hydrogen-bond donors (Lipinski definition) is 0. The molecule has 3 rings (SSSR count). The van der Waals surface area contributed by atoms with Crippen LogP contribution in [0.3, 0.4) is 0 Å². The highest BCUT2D eigenvalue weighted by Gasteiger charge is 2.45. The number of carbonyl (C=O) groups is 1. The first-order valence-electron chi connectivity index (χ1n) is 5.89. The normalized spacial score (nSPS) is 26.8. The number of methoxy groups -OCH3 is 1. The van der Waals surface area contributed by atoms with Crippen LogP contribution in [0.2, 0.25) is 0 Å². The third kappa shape index (κ3) is 1.10. The molecule has 0 saturated heterocycles. The largest absolute Gasteiger partial charge is 0.497 e. The summed E-state index contributed by atoms with van der Waals surface area (Å²) in [6, 6.07) is 4.14. The van der Waals surface area contributed by atoms with Gasteiger partial charge in [0.15, 0.2) is 0 Å². The molecule has 84 valence electrons. The Hall–Kier alpha value is -1.31. The predicted molar refractivity (Wildman–Crippen MR) is 62.0 cm³/mol. The lowest BCUT2D eigenvalue weighted by molar-refractivity contribution is -0.122.